The van der Waals surface area contributed by atoms with Gasteiger partial charge in [0.05, 0.1) is 6.61 Å². The number of carbonyl (C=O) groups is 1. The van der Waals surface area contributed by atoms with Gasteiger partial charge in [-0.25, -0.2) is 0 Å². The van der Waals surface area contributed by atoms with E-state index in [2.05, 4.69) is 19.2 Å². The van der Waals surface area contributed by atoms with Crippen LogP contribution in [0.4, 0.5) is 0 Å². The number of hydrogen-bond donors (Lipinski definition) is 1. The zero-order chi connectivity index (χ0) is 10.8. The van der Waals surface area contributed by atoms with Crippen LogP contribution >= 0.6 is 12.4 Å². The van der Waals surface area contributed by atoms with Crippen LogP contribution in [0.3, 0.4) is 0 Å². The first-order valence-electron chi connectivity index (χ1n) is 5.84. The van der Waals surface area contributed by atoms with Gasteiger partial charge in [-0.1, -0.05) is 0 Å². The maximum absolute atomic E-state index is 12.2. The Morgan fingerprint density at radius 2 is 1.94 bits per heavy atom. The molecule has 16 heavy (non-hydrogen) atoms. The van der Waals surface area contributed by atoms with Crippen LogP contribution in [0.5, 0.6) is 0 Å². The van der Waals surface area contributed by atoms with Crippen molar-refractivity contribution >= 4 is 18.3 Å². The van der Waals surface area contributed by atoms with E-state index in [1.54, 1.807) is 0 Å². The topological polar surface area (TPSA) is 41.6 Å². The Balaban J connectivity index is 0.00000128. The number of nitrogens with one attached hydrogen (secondary N) is 1. The van der Waals surface area contributed by atoms with E-state index in [0.29, 0.717) is 25.2 Å². The smallest absolute Gasteiger partial charge is 0.253 e. The summed E-state index contributed by atoms with van der Waals surface area (Å²) < 4.78 is 5.50. The second-order valence-electron chi connectivity index (χ2n) is 4.58. The first kappa shape index (κ1) is 13.7. The summed E-state index contributed by atoms with van der Waals surface area (Å²) in [5.41, 5.74) is 0. The van der Waals surface area contributed by atoms with Crippen molar-refractivity contribution in [2.24, 2.45) is 0 Å². The van der Waals surface area contributed by atoms with Gasteiger partial charge in [-0.2, -0.15) is 0 Å². The summed E-state index contributed by atoms with van der Waals surface area (Å²) in [6.07, 6.45) is 1.97. The number of nitrogens with zero attached hydrogens (tertiary/aromatic N) is 1. The highest BCUT2D eigenvalue weighted by molar-refractivity contribution is 5.85. The fraction of sp³-hybridized carbons (Fsp3) is 0.909. The fourth-order valence-electron chi connectivity index (χ4n) is 2.52. The molecule has 2 rings (SSSR count). The van der Waals surface area contributed by atoms with Crippen LogP contribution in [0.2, 0.25) is 0 Å². The summed E-state index contributed by atoms with van der Waals surface area (Å²) in [4.78, 5) is 14.2. The van der Waals surface area contributed by atoms with Crippen LogP contribution in [0.1, 0.15) is 26.7 Å². The van der Waals surface area contributed by atoms with E-state index in [9.17, 15) is 4.79 Å². The largest absolute Gasteiger partial charge is 0.366 e. The van der Waals surface area contributed by atoms with Crippen molar-refractivity contribution in [3.05, 3.63) is 0 Å². The average molecular weight is 249 g/mol. The summed E-state index contributed by atoms with van der Waals surface area (Å²) in [5, 5.41) is 3.20. The van der Waals surface area contributed by atoms with E-state index in [1.165, 1.54) is 0 Å². The summed E-state index contributed by atoms with van der Waals surface area (Å²) in [7, 11) is 0. The third-order valence-corrected chi connectivity index (χ3v) is 3.41. The zero-order valence-corrected chi connectivity index (χ0v) is 10.8. The molecule has 2 aliphatic heterocycles. The minimum absolute atomic E-state index is 0. The number of likely N-dealkylation sites (tertiary alicyclic amines) is 1. The number of halogens is 1. The Bertz CT molecular complexity index is 234. The molecule has 2 saturated heterocycles. The molecule has 0 aromatic carbocycles. The first-order valence-corrected chi connectivity index (χ1v) is 5.84. The van der Waals surface area contributed by atoms with Gasteiger partial charge in [0.15, 0.2) is 0 Å². The maximum Gasteiger partial charge on any atom is 0.253 e. The van der Waals surface area contributed by atoms with Crippen LogP contribution in [0.25, 0.3) is 0 Å². The molecule has 3 atom stereocenters. The van der Waals surface area contributed by atoms with E-state index in [-0.39, 0.29) is 24.4 Å². The molecule has 0 aliphatic carbocycles. The minimum atomic E-state index is -0.262. The highest BCUT2D eigenvalue weighted by Crippen LogP contribution is 2.24. The highest BCUT2D eigenvalue weighted by Gasteiger charge is 2.36. The quantitative estimate of drug-likeness (QED) is 0.746. The number of amides is 1. The van der Waals surface area contributed by atoms with Crippen LogP contribution in [-0.2, 0) is 9.53 Å². The molecule has 0 radical (unpaired) electrons. The molecular weight excluding hydrogens is 228 g/mol. The zero-order valence-electron chi connectivity index (χ0n) is 9.94. The lowest BCUT2D eigenvalue weighted by atomic mass is 10.2. The predicted molar refractivity (Wildman–Crippen MR) is 64.9 cm³/mol. The molecule has 2 heterocycles. The SMILES string of the molecule is CC1CCC(C)N1C(=O)C1CNCCO1.Cl. The van der Waals surface area contributed by atoms with Gasteiger partial charge < -0.3 is 15.0 Å². The molecular formula is C11H21ClN2O2. The van der Waals surface area contributed by atoms with E-state index in [1.807, 2.05) is 4.90 Å². The molecule has 5 heteroatoms. The van der Waals surface area contributed by atoms with Gasteiger partial charge in [0.2, 0.25) is 0 Å². The van der Waals surface area contributed by atoms with E-state index < -0.39 is 0 Å². The molecule has 2 aliphatic rings. The predicted octanol–water partition coefficient (Wildman–Crippen LogP) is 0.796. The number of carbonyl (C=O) groups excluding carboxylic acids is 1. The first-order chi connectivity index (χ1) is 7.20. The van der Waals surface area contributed by atoms with Crippen molar-refractivity contribution in [1.82, 2.24) is 10.2 Å². The molecule has 0 aromatic heterocycles. The summed E-state index contributed by atoms with van der Waals surface area (Å²) in [6.45, 7) is 6.41. The Morgan fingerprint density at radius 1 is 1.31 bits per heavy atom. The van der Waals surface area contributed by atoms with Crippen molar-refractivity contribution in [3.8, 4) is 0 Å². The second kappa shape index (κ2) is 5.84. The monoisotopic (exact) mass is 248 g/mol. The molecule has 0 bridgehead atoms. The average Bonchev–Trinajstić information content (AvgIpc) is 2.59. The van der Waals surface area contributed by atoms with Crippen LogP contribution in [-0.4, -0.2) is 48.7 Å². The molecule has 2 fully saturated rings. The Labute approximate surface area is 103 Å². The number of rotatable bonds is 1. The molecule has 0 aromatic rings. The summed E-state index contributed by atoms with van der Waals surface area (Å²) >= 11 is 0. The van der Waals surface area contributed by atoms with Crippen molar-refractivity contribution < 1.29 is 9.53 Å². The van der Waals surface area contributed by atoms with Gasteiger partial charge in [-0.05, 0) is 26.7 Å². The molecule has 94 valence electrons. The Morgan fingerprint density at radius 3 is 2.44 bits per heavy atom. The summed E-state index contributed by atoms with van der Waals surface area (Å²) in [5.74, 6) is 0.166. The summed E-state index contributed by atoms with van der Waals surface area (Å²) in [6, 6.07) is 0.746. The number of ether oxygens (including phenoxy) is 1. The Hall–Kier alpha value is -0.320. The standard InChI is InChI=1S/C11H20N2O2.ClH/c1-8-3-4-9(2)13(8)11(14)10-7-12-5-6-15-10;/h8-10,12H,3-7H2,1-2H3;1H. The van der Waals surface area contributed by atoms with Crippen molar-refractivity contribution in [2.45, 2.75) is 44.9 Å². The van der Waals surface area contributed by atoms with Crippen molar-refractivity contribution in [2.75, 3.05) is 19.7 Å². The van der Waals surface area contributed by atoms with E-state index in [0.717, 1.165) is 19.4 Å². The minimum Gasteiger partial charge on any atom is -0.366 e. The van der Waals surface area contributed by atoms with Crippen molar-refractivity contribution in [3.63, 3.8) is 0 Å². The molecule has 4 nitrogen and oxygen atoms in total. The lowest BCUT2D eigenvalue weighted by molar-refractivity contribution is -0.147. The van der Waals surface area contributed by atoms with Crippen LogP contribution < -0.4 is 5.32 Å². The molecule has 1 amide bonds. The maximum atomic E-state index is 12.2. The van der Waals surface area contributed by atoms with Crippen LogP contribution in [0.15, 0.2) is 0 Å². The van der Waals surface area contributed by atoms with Crippen LogP contribution in [0, 0.1) is 0 Å². The molecule has 3 unspecified atom stereocenters. The fourth-order valence-corrected chi connectivity index (χ4v) is 2.52. The third kappa shape index (κ3) is 2.67. The van der Waals surface area contributed by atoms with Crippen molar-refractivity contribution in [1.29, 1.82) is 0 Å². The molecule has 0 saturated carbocycles. The lowest BCUT2D eigenvalue weighted by Gasteiger charge is -2.32. The molecule has 1 N–H and O–H groups in total. The van der Waals surface area contributed by atoms with Gasteiger partial charge in [-0.15, -0.1) is 12.4 Å². The highest BCUT2D eigenvalue weighted by atomic mass is 35.5. The number of morpholine rings is 1. The second-order valence-corrected chi connectivity index (χ2v) is 4.58. The van der Waals surface area contributed by atoms with Gasteiger partial charge in [0.1, 0.15) is 6.10 Å². The number of hydrogen-bond acceptors (Lipinski definition) is 3. The normalized spacial score (nSPS) is 34.6. The van der Waals surface area contributed by atoms with Gasteiger partial charge in [0.25, 0.3) is 5.91 Å². The third-order valence-electron chi connectivity index (χ3n) is 3.41. The van der Waals surface area contributed by atoms with Gasteiger partial charge in [0, 0.05) is 25.2 Å². The van der Waals surface area contributed by atoms with Gasteiger partial charge >= 0.3 is 0 Å². The van der Waals surface area contributed by atoms with E-state index in [4.69, 9.17) is 4.74 Å². The lowest BCUT2D eigenvalue weighted by Crippen LogP contribution is -2.51. The van der Waals surface area contributed by atoms with E-state index >= 15 is 0 Å². The van der Waals surface area contributed by atoms with Gasteiger partial charge in [-0.3, -0.25) is 4.79 Å². The molecule has 0 spiro atoms. The Kier molecular flexibility index (Phi) is 5.02.